The van der Waals surface area contributed by atoms with Crippen LogP contribution in [0.15, 0.2) is 40.2 Å². The zero-order chi connectivity index (χ0) is 21.6. The normalized spacial score (nSPS) is 18.6. The first kappa shape index (κ1) is 20.8. The summed E-state index contributed by atoms with van der Waals surface area (Å²) in [7, 11) is 0. The minimum absolute atomic E-state index is 0.00421. The molecule has 3 heterocycles. The Bertz CT molecular complexity index is 1140. The van der Waals surface area contributed by atoms with Gasteiger partial charge in [0.05, 0.1) is 35.6 Å². The van der Waals surface area contributed by atoms with Crippen LogP contribution >= 0.6 is 11.6 Å². The predicted molar refractivity (Wildman–Crippen MR) is 109 cm³/mol. The number of hydrogen-bond acceptors (Lipinski definition) is 2. The Hall–Kier alpha value is -2.48. The molecule has 0 aromatic carbocycles. The van der Waals surface area contributed by atoms with Crippen LogP contribution in [0, 0.1) is 0 Å². The van der Waals surface area contributed by atoms with Crippen molar-refractivity contribution in [2.24, 2.45) is 0 Å². The number of fused-ring (bicyclic) bond motifs is 1. The van der Waals surface area contributed by atoms with Gasteiger partial charge in [-0.1, -0.05) is 11.6 Å². The van der Waals surface area contributed by atoms with E-state index in [1.54, 1.807) is 16.8 Å². The molecule has 0 N–H and O–H groups in total. The third-order valence-electron chi connectivity index (χ3n) is 5.55. The molecular formula is C21H21ClF3N3O2. The fourth-order valence-electron chi connectivity index (χ4n) is 4.04. The van der Waals surface area contributed by atoms with Crippen LogP contribution in [0.4, 0.5) is 13.2 Å². The lowest BCUT2D eigenvalue weighted by Gasteiger charge is -2.42. The summed E-state index contributed by atoms with van der Waals surface area (Å²) in [6, 6.07) is 1.65. The fourth-order valence-corrected chi connectivity index (χ4v) is 4.27. The summed E-state index contributed by atoms with van der Waals surface area (Å²) in [5.74, 6) is -0.758. The monoisotopic (exact) mass is 439 g/mol. The Morgan fingerprint density at radius 3 is 2.63 bits per heavy atom. The lowest BCUT2D eigenvalue weighted by atomic mass is 9.97. The topological polar surface area (TPSA) is 47.2 Å². The van der Waals surface area contributed by atoms with Crippen molar-refractivity contribution in [3.05, 3.63) is 51.3 Å². The van der Waals surface area contributed by atoms with E-state index in [1.165, 1.54) is 28.7 Å². The number of aromatic nitrogens is 2. The predicted octanol–water partition coefficient (Wildman–Crippen LogP) is 3.94. The Labute approximate surface area is 176 Å². The minimum atomic E-state index is -1.39. The first-order valence-electron chi connectivity index (χ1n) is 9.70. The summed E-state index contributed by atoms with van der Waals surface area (Å²) in [4.78, 5) is 27.0. The third kappa shape index (κ3) is 3.69. The fraction of sp³-hybridized carbons (Fsp3) is 0.429. The highest BCUT2D eigenvalue weighted by Crippen LogP contribution is 2.35. The van der Waals surface area contributed by atoms with Gasteiger partial charge in [0, 0.05) is 24.4 Å². The lowest BCUT2D eigenvalue weighted by Crippen LogP contribution is -2.60. The second-order valence-corrected chi connectivity index (χ2v) is 8.43. The van der Waals surface area contributed by atoms with Crippen LogP contribution in [0.2, 0.25) is 0 Å². The van der Waals surface area contributed by atoms with E-state index in [-0.39, 0.29) is 43.5 Å². The van der Waals surface area contributed by atoms with Gasteiger partial charge in [0.1, 0.15) is 24.7 Å². The van der Waals surface area contributed by atoms with Gasteiger partial charge in [-0.05, 0) is 31.1 Å². The van der Waals surface area contributed by atoms with Crippen molar-refractivity contribution in [1.29, 1.82) is 0 Å². The molecule has 0 unspecified atom stereocenters. The largest absolute Gasteiger partial charge is 0.344 e. The smallest absolute Gasteiger partial charge is 0.261 e. The van der Waals surface area contributed by atoms with Gasteiger partial charge >= 0.3 is 0 Å². The van der Waals surface area contributed by atoms with Crippen LogP contribution in [0.3, 0.4) is 0 Å². The average molecular weight is 440 g/mol. The number of carbonyl (C=O) groups is 1. The summed E-state index contributed by atoms with van der Waals surface area (Å²) >= 11 is 5.95. The molecule has 9 heteroatoms. The number of allylic oxidation sites excluding steroid dienone is 4. The number of hydrogen-bond donors (Lipinski definition) is 0. The molecule has 1 aliphatic heterocycles. The van der Waals surface area contributed by atoms with E-state index in [0.29, 0.717) is 28.5 Å². The van der Waals surface area contributed by atoms with E-state index in [9.17, 15) is 22.8 Å². The molecule has 0 radical (unpaired) electrons. The van der Waals surface area contributed by atoms with Crippen LogP contribution in [-0.4, -0.2) is 45.4 Å². The van der Waals surface area contributed by atoms with Gasteiger partial charge in [-0.25, -0.2) is 13.2 Å². The zero-order valence-corrected chi connectivity index (χ0v) is 17.2. The van der Waals surface area contributed by atoms with E-state index in [4.69, 9.17) is 11.6 Å². The van der Waals surface area contributed by atoms with Crippen molar-refractivity contribution >= 4 is 34.0 Å². The maximum atomic E-state index is 13.7. The molecule has 1 fully saturated rings. The second-order valence-electron chi connectivity index (χ2n) is 8.02. The van der Waals surface area contributed by atoms with Crippen LogP contribution in [-0.2, 0) is 17.9 Å². The first-order valence-corrected chi connectivity index (χ1v) is 10.1. The Morgan fingerprint density at radius 1 is 1.27 bits per heavy atom. The standard InChI is InChI=1S/C21H21ClF3N3O2/c1-21(25)11-28(12-21)18(29)10-27-6-4-17-19(20(27)30)14(9-26(17)7-5-23)13-2-3-16(24)15(22)8-13/h4,6,8-9H,2-3,5,7,10-12H2,1H3. The van der Waals surface area contributed by atoms with Crippen LogP contribution in [0.5, 0.6) is 0 Å². The van der Waals surface area contributed by atoms with Crippen LogP contribution < -0.4 is 5.56 Å². The molecule has 2 aromatic heterocycles. The van der Waals surface area contributed by atoms with Gasteiger partial charge in [0.2, 0.25) is 5.91 Å². The molecule has 160 valence electrons. The molecule has 0 bridgehead atoms. The number of amides is 1. The molecule has 0 spiro atoms. The summed E-state index contributed by atoms with van der Waals surface area (Å²) in [6.07, 6.45) is 5.11. The summed E-state index contributed by atoms with van der Waals surface area (Å²) < 4.78 is 43.3. The molecule has 2 aromatic rings. The Balaban J connectivity index is 1.75. The SMILES string of the molecule is CC1(F)CN(C(=O)Cn2ccc3c(c(C4=CC(Cl)=C(F)CC4)cn3CCF)c2=O)C1. The second kappa shape index (κ2) is 7.65. The maximum Gasteiger partial charge on any atom is 0.261 e. The Morgan fingerprint density at radius 2 is 2.00 bits per heavy atom. The minimum Gasteiger partial charge on any atom is -0.344 e. The van der Waals surface area contributed by atoms with Crippen molar-refractivity contribution < 1.29 is 18.0 Å². The molecule has 30 heavy (non-hydrogen) atoms. The van der Waals surface area contributed by atoms with Crippen molar-refractivity contribution in [3.63, 3.8) is 0 Å². The van der Waals surface area contributed by atoms with E-state index >= 15 is 0 Å². The summed E-state index contributed by atoms with van der Waals surface area (Å²) in [6.45, 7) is 0.666. The van der Waals surface area contributed by atoms with Crippen LogP contribution in [0.25, 0.3) is 16.5 Å². The number of aryl methyl sites for hydroxylation is 1. The Kier molecular flexibility index (Phi) is 5.30. The molecule has 0 atom stereocenters. The van der Waals surface area contributed by atoms with Crippen molar-refractivity contribution in [2.45, 2.75) is 38.5 Å². The number of likely N-dealkylation sites (tertiary alicyclic amines) is 1. The van der Waals surface area contributed by atoms with Crippen LogP contribution in [0.1, 0.15) is 25.3 Å². The molecule has 2 aliphatic rings. The zero-order valence-electron chi connectivity index (χ0n) is 16.4. The van der Waals surface area contributed by atoms with E-state index in [2.05, 4.69) is 0 Å². The number of pyridine rings is 1. The highest BCUT2D eigenvalue weighted by Gasteiger charge is 2.41. The van der Waals surface area contributed by atoms with Gasteiger partial charge in [-0.2, -0.15) is 0 Å². The third-order valence-corrected chi connectivity index (χ3v) is 5.87. The molecular weight excluding hydrogens is 419 g/mol. The van der Waals surface area contributed by atoms with Gasteiger partial charge in [-0.15, -0.1) is 0 Å². The highest BCUT2D eigenvalue weighted by atomic mass is 35.5. The van der Waals surface area contributed by atoms with E-state index in [0.717, 1.165) is 0 Å². The average Bonchev–Trinajstić information content (AvgIpc) is 3.03. The number of nitrogens with zero attached hydrogens (tertiary/aromatic N) is 3. The van der Waals surface area contributed by atoms with E-state index in [1.807, 2.05) is 0 Å². The molecule has 1 saturated heterocycles. The molecule has 4 rings (SSSR count). The molecule has 5 nitrogen and oxygen atoms in total. The summed E-state index contributed by atoms with van der Waals surface area (Å²) in [5, 5.41) is 0.317. The number of halogens is 4. The van der Waals surface area contributed by atoms with Crippen molar-refractivity contribution in [1.82, 2.24) is 14.0 Å². The highest BCUT2D eigenvalue weighted by molar-refractivity contribution is 6.32. The number of rotatable bonds is 5. The van der Waals surface area contributed by atoms with Gasteiger partial charge in [-0.3, -0.25) is 9.59 Å². The van der Waals surface area contributed by atoms with Gasteiger partial charge < -0.3 is 14.0 Å². The summed E-state index contributed by atoms with van der Waals surface area (Å²) in [5.41, 5.74) is -0.0401. The lowest BCUT2D eigenvalue weighted by molar-refractivity contribution is -0.144. The van der Waals surface area contributed by atoms with E-state index < -0.39 is 23.7 Å². The number of alkyl halides is 2. The van der Waals surface area contributed by atoms with Crippen molar-refractivity contribution in [3.8, 4) is 0 Å². The number of carbonyl (C=O) groups excluding carboxylic acids is 1. The first-order chi connectivity index (χ1) is 14.2. The van der Waals surface area contributed by atoms with Crippen molar-refractivity contribution in [2.75, 3.05) is 19.8 Å². The van der Waals surface area contributed by atoms with Gasteiger partial charge in [0.15, 0.2) is 0 Å². The maximum absolute atomic E-state index is 13.7. The molecule has 1 amide bonds. The quantitative estimate of drug-likeness (QED) is 0.708. The van der Waals surface area contributed by atoms with Gasteiger partial charge in [0.25, 0.3) is 5.56 Å². The molecule has 0 saturated carbocycles. The molecule has 1 aliphatic carbocycles.